The number of nitrogens with two attached hydrogens (primary N) is 1. The summed E-state index contributed by atoms with van der Waals surface area (Å²) in [5.41, 5.74) is 9.56. The van der Waals surface area contributed by atoms with Gasteiger partial charge in [0, 0.05) is 53.4 Å². The number of hydrogen-bond donors (Lipinski definition) is 1. The molecular formula is C29H31N5OS2. The number of aliphatic imine (C=N–C) groups is 1. The maximum Gasteiger partial charge on any atom is 0.216 e. The van der Waals surface area contributed by atoms with Crippen molar-refractivity contribution in [3.8, 4) is 0 Å². The third-order valence-electron chi connectivity index (χ3n) is 5.89. The Bertz CT molecular complexity index is 1310. The zero-order valence-electron chi connectivity index (χ0n) is 21.2. The number of hydrogen-bond acceptors (Lipinski definition) is 7. The molecule has 0 bridgehead atoms. The summed E-state index contributed by atoms with van der Waals surface area (Å²) >= 11 is 3.32. The van der Waals surface area contributed by atoms with Gasteiger partial charge in [-0.1, -0.05) is 66.0 Å². The largest absolute Gasteiger partial charge is 0.403 e. The van der Waals surface area contributed by atoms with E-state index in [1.165, 1.54) is 33.4 Å². The Morgan fingerprint density at radius 2 is 1.78 bits per heavy atom. The number of thioether (sulfide) groups is 2. The fourth-order valence-corrected chi connectivity index (χ4v) is 6.09. The number of carbonyl (C=O) groups is 1. The number of rotatable bonds is 7. The van der Waals surface area contributed by atoms with Crippen LogP contribution in [0.3, 0.4) is 0 Å². The molecule has 1 heterocycles. The lowest BCUT2D eigenvalue weighted by molar-refractivity contribution is -0.115. The summed E-state index contributed by atoms with van der Waals surface area (Å²) in [5, 5.41) is 0.633. The number of anilines is 2. The predicted octanol–water partition coefficient (Wildman–Crippen LogP) is 6.41. The summed E-state index contributed by atoms with van der Waals surface area (Å²) in [6.07, 6.45) is 4.15. The van der Waals surface area contributed by atoms with Gasteiger partial charge in [-0.05, 0) is 48.9 Å². The molecule has 1 aliphatic rings. The molecule has 2 N–H and O–H groups in total. The Morgan fingerprint density at radius 3 is 2.49 bits per heavy atom. The van der Waals surface area contributed by atoms with Crippen molar-refractivity contribution >= 4 is 52.2 Å². The van der Waals surface area contributed by atoms with E-state index in [0.717, 1.165) is 34.8 Å². The van der Waals surface area contributed by atoms with E-state index < -0.39 is 0 Å². The molecule has 8 heteroatoms. The van der Waals surface area contributed by atoms with Gasteiger partial charge in [-0.25, -0.2) is 4.99 Å². The van der Waals surface area contributed by atoms with Gasteiger partial charge in [-0.3, -0.25) is 9.69 Å². The highest BCUT2D eigenvalue weighted by Crippen LogP contribution is 2.43. The Hall–Kier alpha value is -3.62. The van der Waals surface area contributed by atoms with Gasteiger partial charge in [0.05, 0.1) is 17.9 Å². The quantitative estimate of drug-likeness (QED) is 0.217. The Kier molecular flexibility index (Phi) is 8.98. The van der Waals surface area contributed by atoms with E-state index in [4.69, 9.17) is 10.7 Å². The molecule has 190 valence electrons. The van der Waals surface area contributed by atoms with E-state index in [2.05, 4.69) is 43.1 Å². The molecule has 3 aromatic rings. The number of amidine groups is 1. The molecule has 0 unspecified atom stereocenters. The summed E-state index contributed by atoms with van der Waals surface area (Å²) < 4.78 is 0. The van der Waals surface area contributed by atoms with Gasteiger partial charge in [-0.2, -0.15) is 0 Å². The number of fused-ring (bicyclic) bond motifs is 1. The zero-order chi connectivity index (χ0) is 26.2. The lowest BCUT2D eigenvalue weighted by Gasteiger charge is -2.30. The van der Waals surface area contributed by atoms with E-state index in [1.807, 2.05) is 66.5 Å². The Balaban J connectivity index is 1.66. The average molecular weight is 530 g/mol. The fraction of sp³-hybridized carbons (Fsp3) is 0.172. The van der Waals surface area contributed by atoms with Gasteiger partial charge in [0.25, 0.3) is 0 Å². The maximum atomic E-state index is 12.3. The molecule has 0 aromatic heterocycles. The van der Waals surface area contributed by atoms with Crippen LogP contribution < -0.4 is 15.5 Å². The highest BCUT2D eigenvalue weighted by molar-refractivity contribution is 8.17. The van der Waals surface area contributed by atoms with Gasteiger partial charge >= 0.3 is 0 Å². The molecule has 6 nitrogen and oxygen atoms in total. The summed E-state index contributed by atoms with van der Waals surface area (Å²) in [4.78, 5) is 26.7. The molecular weight excluding hydrogens is 498 g/mol. The Labute approximate surface area is 227 Å². The van der Waals surface area contributed by atoms with E-state index in [-0.39, 0.29) is 0 Å². The molecule has 37 heavy (non-hydrogen) atoms. The van der Waals surface area contributed by atoms with Crippen molar-refractivity contribution in [2.24, 2.45) is 10.7 Å². The van der Waals surface area contributed by atoms with Crippen molar-refractivity contribution in [1.82, 2.24) is 4.90 Å². The molecule has 0 radical (unpaired) electrons. The van der Waals surface area contributed by atoms with Crippen LogP contribution >= 0.6 is 23.5 Å². The maximum absolute atomic E-state index is 12.3. The Morgan fingerprint density at radius 1 is 1.08 bits per heavy atom. The first-order valence-electron chi connectivity index (χ1n) is 11.9. The monoisotopic (exact) mass is 529 g/mol. The van der Waals surface area contributed by atoms with Crippen LogP contribution in [0, 0.1) is 0 Å². The van der Waals surface area contributed by atoms with Crippen LogP contribution in [0.1, 0.15) is 12.5 Å². The molecule has 0 spiro atoms. The lowest BCUT2D eigenvalue weighted by atomic mass is 10.2. The third-order valence-corrected chi connectivity index (χ3v) is 8.32. The molecule has 0 atom stereocenters. The van der Waals surface area contributed by atoms with Gasteiger partial charge in [-0.15, -0.1) is 0 Å². The van der Waals surface area contributed by atoms with Gasteiger partial charge in [0.15, 0.2) is 5.17 Å². The second kappa shape index (κ2) is 12.6. The molecule has 0 saturated heterocycles. The topological polar surface area (TPSA) is 65.2 Å². The molecule has 3 aromatic carbocycles. The first-order chi connectivity index (χ1) is 18.0. The minimum Gasteiger partial charge on any atom is -0.403 e. The van der Waals surface area contributed by atoms with Crippen LogP contribution in [0.4, 0.5) is 17.1 Å². The SMILES string of the molecule is C/C(SC(=Nc1ccc(N(C)/C=C\N)cc1)N(C=O)Cc1ccccc1)=C1\CN(C)c2ccccc2S1. The van der Waals surface area contributed by atoms with Crippen LogP contribution in [0.15, 0.2) is 111 Å². The minimum atomic E-state index is 0.441. The van der Waals surface area contributed by atoms with Crippen molar-refractivity contribution < 1.29 is 4.79 Å². The first-order valence-corrected chi connectivity index (χ1v) is 13.5. The van der Waals surface area contributed by atoms with Crippen LogP contribution in [0.2, 0.25) is 0 Å². The van der Waals surface area contributed by atoms with E-state index in [1.54, 1.807) is 22.9 Å². The highest BCUT2D eigenvalue weighted by atomic mass is 32.2. The van der Waals surface area contributed by atoms with Crippen molar-refractivity contribution in [2.75, 3.05) is 30.4 Å². The molecule has 0 saturated carbocycles. The van der Waals surface area contributed by atoms with Crippen LogP contribution in [-0.4, -0.2) is 37.1 Å². The predicted molar refractivity (Wildman–Crippen MR) is 159 cm³/mol. The normalized spacial score (nSPS) is 14.9. The third kappa shape index (κ3) is 6.78. The van der Waals surface area contributed by atoms with Crippen LogP contribution in [0.5, 0.6) is 0 Å². The molecule has 4 rings (SSSR count). The van der Waals surface area contributed by atoms with Crippen molar-refractivity contribution in [3.63, 3.8) is 0 Å². The van der Waals surface area contributed by atoms with Crippen LogP contribution in [0.25, 0.3) is 0 Å². The average Bonchev–Trinajstić information content (AvgIpc) is 2.92. The van der Waals surface area contributed by atoms with Gasteiger partial charge in [0.1, 0.15) is 0 Å². The zero-order valence-corrected chi connectivity index (χ0v) is 22.9. The summed E-state index contributed by atoms with van der Waals surface area (Å²) in [7, 11) is 4.04. The van der Waals surface area contributed by atoms with Crippen molar-refractivity contribution in [1.29, 1.82) is 0 Å². The lowest BCUT2D eigenvalue weighted by Crippen LogP contribution is -2.27. The van der Waals surface area contributed by atoms with Gasteiger partial charge in [0.2, 0.25) is 6.41 Å². The number of benzene rings is 3. The number of allylic oxidation sites excluding steroid dienone is 1. The van der Waals surface area contributed by atoms with E-state index in [0.29, 0.717) is 11.7 Å². The highest BCUT2D eigenvalue weighted by Gasteiger charge is 2.22. The standard InChI is InChI=1S/C29H31N5OS2/c1-22(28-20-33(3)26-11-7-8-12-27(26)37-28)36-29(34(21-35)19-23-9-5-4-6-10-23)31-24-13-15-25(16-14-24)32(2)18-17-30/h4-18,21H,19-20,30H2,1-3H3/b18-17-,28-22-,31-29?. The minimum absolute atomic E-state index is 0.441. The van der Waals surface area contributed by atoms with E-state index in [9.17, 15) is 4.79 Å². The number of nitrogens with zero attached hydrogens (tertiary/aromatic N) is 4. The number of amides is 1. The van der Waals surface area contributed by atoms with E-state index >= 15 is 0 Å². The number of carbonyl (C=O) groups excluding carboxylic acids is 1. The second-order valence-electron chi connectivity index (χ2n) is 8.59. The van der Waals surface area contributed by atoms with Crippen molar-refractivity contribution in [2.45, 2.75) is 18.4 Å². The fourth-order valence-electron chi connectivity index (χ4n) is 3.87. The first kappa shape index (κ1) is 26.4. The molecule has 1 amide bonds. The van der Waals surface area contributed by atoms with Crippen molar-refractivity contribution in [3.05, 3.63) is 107 Å². The second-order valence-corrected chi connectivity index (χ2v) is 10.9. The summed E-state index contributed by atoms with van der Waals surface area (Å²) in [5.74, 6) is 0. The summed E-state index contributed by atoms with van der Waals surface area (Å²) in [6, 6.07) is 26.3. The number of para-hydroxylation sites is 1. The molecule has 0 fully saturated rings. The molecule has 1 aliphatic heterocycles. The molecule has 0 aliphatic carbocycles. The summed E-state index contributed by atoms with van der Waals surface area (Å²) in [6.45, 7) is 3.35. The smallest absolute Gasteiger partial charge is 0.216 e. The van der Waals surface area contributed by atoms with Gasteiger partial charge < -0.3 is 15.5 Å². The van der Waals surface area contributed by atoms with Crippen LogP contribution in [-0.2, 0) is 11.3 Å². The number of likely N-dealkylation sites (N-methyl/N-ethyl adjacent to an activating group) is 1.